The monoisotopic (exact) mass is 754 g/mol. The summed E-state index contributed by atoms with van der Waals surface area (Å²) in [5.41, 5.74) is 9.21. The van der Waals surface area contributed by atoms with Gasteiger partial charge in [0.25, 0.3) is 5.91 Å². The number of methoxy groups -OCH3 is 1. The molecule has 0 fully saturated rings. The average molecular weight is 754 g/mol. The maximum absolute atomic E-state index is 13.2. The van der Waals surface area contributed by atoms with Gasteiger partial charge in [-0.15, -0.1) is 0 Å². The fourth-order valence-electron chi connectivity index (χ4n) is 5.95. The van der Waals surface area contributed by atoms with Crippen LogP contribution in [0.2, 0.25) is 0 Å². The molecule has 0 spiro atoms. The van der Waals surface area contributed by atoms with Crippen LogP contribution in [0.3, 0.4) is 0 Å². The Morgan fingerprint density at radius 2 is 1.63 bits per heavy atom. The smallest absolute Gasteiger partial charge is 0.257 e. The molecular weight excluding hydrogens is 689 g/mol. The number of hydrogen-bond donors (Lipinski definition) is 3. The van der Waals surface area contributed by atoms with Crippen molar-refractivity contribution in [3.63, 3.8) is 0 Å². The van der Waals surface area contributed by atoms with Crippen molar-refractivity contribution in [1.29, 1.82) is 0 Å². The molecule has 0 aliphatic carbocycles. The molecule has 1 amide bonds. The Morgan fingerprint density at radius 3 is 2.20 bits per heavy atom. The van der Waals surface area contributed by atoms with Crippen LogP contribution in [0.15, 0.2) is 71.8 Å². The van der Waals surface area contributed by atoms with Crippen molar-refractivity contribution in [3.8, 4) is 5.75 Å². The van der Waals surface area contributed by atoms with Crippen LogP contribution in [0.5, 0.6) is 5.75 Å². The van der Waals surface area contributed by atoms with Gasteiger partial charge in [0.2, 0.25) is 5.95 Å². The van der Waals surface area contributed by atoms with Crippen molar-refractivity contribution in [2.24, 2.45) is 16.7 Å². The lowest BCUT2D eigenvalue weighted by atomic mass is 9.93. The summed E-state index contributed by atoms with van der Waals surface area (Å²) in [6, 6.07) is 20.7. The van der Waals surface area contributed by atoms with Crippen molar-refractivity contribution < 1.29 is 23.0 Å². The number of anilines is 1. The summed E-state index contributed by atoms with van der Waals surface area (Å²) in [6.45, 7) is 11.7. The maximum Gasteiger partial charge on any atom is 0.257 e. The van der Waals surface area contributed by atoms with E-state index in [4.69, 9.17) is 14.5 Å². The number of carbonyl (C=O) groups is 1. The number of ether oxygens (including phenoxy) is 2. The molecule has 0 radical (unpaired) electrons. The van der Waals surface area contributed by atoms with Crippen LogP contribution < -0.4 is 21.6 Å². The normalized spacial score (nSPS) is 11.2. The van der Waals surface area contributed by atoms with E-state index in [-0.39, 0.29) is 24.2 Å². The third-order valence-electron chi connectivity index (χ3n) is 8.50. The van der Waals surface area contributed by atoms with Crippen LogP contribution >= 0.6 is 0 Å². The number of aromatic nitrogens is 2. The lowest BCUT2D eigenvalue weighted by molar-refractivity contribution is 0.0781. The van der Waals surface area contributed by atoms with E-state index in [2.05, 4.69) is 53.4 Å². The van der Waals surface area contributed by atoms with E-state index in [0.29, 0.717) is 37.1 Å². The number of hydrazone groups is 1. The molecule has 10 nitrogen and oxygen atoms in total. The predicted octanol–water partition coefficient (Wildman–Crippen LogP) is 8.73. The van der Waals surface area contributed by atoms with Crippen LogP contribution in [-0.4, -0.2) is 80.3 Å². The molecule has 0 bridgehead atoms. The quantitative estimate of drug-likeness (QED) is 0.0401. The number of halogens is 2. The first-order valence-corrected chi connectivity index (χ1v) is 18.9. The van der Waals surface area contributed by atoms with Gasteiger partial charge in [0.1, 0.15) is 18.2 Å². The molecular formula is C42H65F2N7O3. The summed E-state index contributed by atoms with van der Waals surface area (Å²) in [5, 5.41) is 6.71. The molecule has 1 aromatic heterocycles. The molecule has 0 aliphatic rings. The number of likely N-dealkylation sites (N-methyl/N-ethyl adjacent to an activating group) is 1. The van der Waals surface area contributed by atoms with Gasteiger partial charge in [-0.3, -0.25) is 4.79 Å². The Hall–Kier alpha value is -4.55. The molecule has 1 unspecified atom stereocenters. The summed E-state index contributed by atoms with van der Waals surface area (Å²) in [6.07, 6.45) is 8.03. The predicted molar refractivity (Wildman–Crippen MR) is 221 cm³/mol. The zero-order valence-corrected chi connectivity index (χ0v) is 33.8. The molecule has 1 heterocycles. The molecule has 0 aliphatic heterocycles. The van der Waals surface area contributed by atoms with Crippen molar-refractivity contribution in [3.05, 3.63) is 89.2 Å². The highest BCUT2D eigenvalue weighted by atomic mass is 19.1. The molecule has 12 heteroatoms. The number of benzene rings is 3. The Bertz CT molecular complexity index is 1610. The summed E-state index contributed by atoms with van der Waals surface area (Å²) in [7, 11) is 4.87. The van der Waals surface area contributed by atoms with Gasteiger partial charge in [-0.05, 0) is 82.1 Å². The molecule has 1 atom stereocenters. The second kappa shape index (κ2) is 28.0. The number of carbonyl (C=O) groups excluding carboxylic acids is 1. The number of hydrogen-bond acceptors (Lipinski definition) is 8. The van der Waals surface area contributed by atoms with Gasteiger partial charge < -0.3 is 35.8 Å². The Balaban J connectivity index is 0.000000472. The Morgan fingerprint density at radius 1 is 1.00 bits per heavy atom. The fraction of sp³-hybridized carbons (Fsp3) is 0.500. The van der Waals surface area contributed by atoms with Crippen molar-refractivity contribution >= 4 is 29.1 Å². The van der Waals surface area contributed by atoms with E-state index in [9.17, 15) is 13.6 Å². The molecule has 3 aromatic carbocycles. The molecule has 300 valence electrons. The third-order valence-corrected chi connectivity index (χ3v) is 8.50. The second-order valence-corrected chi connectivity index (χ2v) is 12.6. The average Bonchev–Trinajstić information content (AvgIpc) is 3.54. The molecule has 4 rings (SSSR count). The molecule has 54 heavy (non-hydrogen) atoms. The topological polar surface area (TPSA) is 133 Å². The number of nitrogens with one attached hydrogen (secondary N) is 1. The van der Waals surface area contributed by atoms with Crippen LogP contribution in [0.25, 0.3) is 11.0 Å². The van der Waals surface area contributed by atoms with Crippen molar-refractivity contribution in [2.75, 3.05) is 53.0 Å². The third kappa shape index (κ3) is 16.2. The van der Waals surface area contributed by atoms with E-state index in [0.717, 1.165) is 66.6 Å². The van der Waals surface area contributed by atoms with Gasteiger partial charge in [-0.2, -0.15) is 5.10 Å². The van der Waals surface area contributed by atoms with Crippen LogP contribution in [-0.2, 0) is 11.3 Å². The van der Waals surface area contributed by atoms with Crippen molar-refractivity contribution in [2.45, 2.75) is 91.6 Å². The number of aryl methyl sites for hydroxylation is 1. The van der Waals surface area contributed by atoms with Gasteiger partial charge >= 0.3 is 0 Å². The number of amides is 1. The van der Waals surface area contributed by atoms with Crippen LogP contribution in [0, 0.1) is 12.7 Å². The minimum Gasteiger partial charge on any atom is -0.496 e. The molecule has 4 aromatic rings. The van der Waals surface area contributed by atoms with Crippen molar-refractivity contribution in [1.82, 2.24) is 14.5 Å². The number of rotatable bonds is 18. The van der Waals surface area contributed by atoms with Crippen LogP contribution in [0.4, 0.5) is 14.7 Å². The SMILES string of the molecule is C/C=N\N.CCCC(CCC)Nc1nc2ccccc2n1CCOCCF.CCCC(CN(C)C(=O)c1cc(C)ccc1OC)c1ccc(F)cc1.CN. The summed E-state index contributed by atoms with van der Waals surface area (Å²) >= 11 is 0. The van der Waals surface area contributed by atoms with E-state index >= 15 is 0 Å². The number of nitrogens with two attached hydrogens (primary N) is 2. The van der Waals surface area contributed by atoms with Gasteiger partial charge in [0.05, 0.1) is 36.9 Å². The highest BCUT2D eigenvalue weighted by molar-refractivity contribution is 5.97. The fourth-order valence-corrected chi connectivity index (χ4v) is 5.95. The molecule has 0 saturated heterocycles. The molecule has 0 saturated carbocycles. The first-order chi connectivity index (χ1) is 26.2. The highest BCUT2D eigenvalue weighted by Gasteiger charge is 2.21. The first-order valence-electron chi connectivity index (χ1n) is 18.9. The number of para-hydroxylation sites is 2. The summed E-state index contributed by atoms with van der Waals surface area (Å²) in [4.78, 5) is 19.3. The Labute approximate surface area is 322 Å². The largest absolute Gasteiger partial charge is 0.496 e. The van der Waals surface area contributed by atoms with Gasteiger partial charge in [-0.25, -0.2) is 13.8 Å². The second-order valence-electron chi connectivity index (χ2n) is 12.6. The summed E-state index contributed by atoms with van der Waals surface area (Å²) < 4.78 is 38.2. The molecule has 5 N–H and O–H groups in total. The maximum atomic E-state index is 13.2. The highest BCUT2D eigenvalue weighted by Crippen LogP contribution is 2.26. The summed E-state index contributed by atoms with van der Waals surface area (Å²) in [5.74, 6) is 5.94. The number of imidazole rings is 1. The van der Waals surface area contributed by atoms with E-state index in [1.807, 2.05) is 43.3 Å². The lowest BCUT2D eigenvalue weighted by Gasteiger charge is -2.25. The Kier molecular flexibility index (Phi) is 24.6. The van der Waals surface area contributed by atoms with E-state index in [1.54, 1.807) is 38.1 Å². The van der Waals surface area contributed by atoms with Gasteiger partial charge in [0, 0.05) is 38.3 Å². The van der Waals surface area contributed by atoms with Crippen LogP contribution in [0.1, 0.15) is 93.6 Å². The standard InChI is InChI=1S/C21H26FNO2.C18H28FN3O.C2H6N2.CH5N/c1-5-6-17(16-8-10-18(22)11-9-16)14-23(3)21(24)19-13-15(2)7-12-20(19)25-4;1-3-7-15(8-4-2)20-18-21-16-9-5-6-10-17(16)22(18)12-14-23-13-11-19;1-2-4-3;1-2/h7-13,17H,5-6,14H2,1-4H3;5-6,9-10,15H,3-4,7-8,11-14H2,1-2H3,(H,20,21);2H,3H2,1H3;2H2,1H3/b;;4-2-;. The number of alkyl halides is 1. The van der Waals surface area contributed by atoms with Gasteiger partial charge in [0.15, 0.2) is 0 Å². The zero-order valence-electron chi connectivity index (χ0n) is 33.8. The minimum absolute atomic E-state index is 0.0660. The van der Waals surface area contributed by atoms with Gasteiger partial charge in [-0.1, -0.05) is 75.9 Å². The first kappa shape index (κ1) is 47.5. The minimum atomic E-state index is -0.440. The number of fused-ring (bicyclic) bond motifs is 1. The zero-order chi connectivity index (χ0) is 40.3. The van der Waals surface area contributed by atoms with E-state index in [1.165, 1.54) is 25.4 Å². The van der Waals surface area contributed by atoms with E-state index < -0.39 is 6.67 Å². The lowest BCUT2D eigenvalue weighted by Crippen LogP contribution is -2.31. The number of nitrogens with zero attached hydrogens (tertiary/aromatic N) is 4.